The van der Waals surface area contributed by atoms with Crippen LogP contribution in [-0.4, -0.2) is 37.8 Å². The summed E-state index contributed by atoms with van der Waals surface area (Å²) >= 11 is 0. The van der Waals surface area contributed by atoms with Crippen LogP contribution in [0.15, 0.2) is 65.8 Å². The van der Waals surface area contributed by atoms with Crippen LogP contribution in [0.3, 0.4) is 0 Å². The van der Waals surface area contributed by atoms with Gasteiger partial charge in [-0.1, -0.05) is 50.1 Å². The number of nitrogens with one attached hydrogen (secondary N) is 2. The molecule has 0 aromatic heterocycles. The quantitative estimate of drug-likeness (QED) is 0.291. The number of benzene rings is 3. The van der Waals surface area contributed by atoms with Gasteiger partial charge in [0.1, 0.15) is 24.1 Å². The zero-order valence-electron chi connectivity index (χ0n) is 19.4. The van der Waals surface area contributed by atoms with Crippen molar-refractivity contribution in [2.24, 2.45) is 11.0 Å². The highest BCUT2D eigenvalue weighted by Crippen LogP contribution is 2.26. The maximum absolute atomic E-state index is 12.8. The van der Waals surface area contributed by atoms with Gasteiger partial charge in [-0.25, -0.2) is 5.43 Å². The topological polar surface area (TPSA) is 89.0 Å². The Morgan fingerprint density at radius 3 is 2.50 bits per heavy atom. The number of terminal acetylenes is 1. The Kier molecular flexibility index (Phi) is 8.25. The van der Waals surface area contributed by atoms with Crippen molar-refractivity contribution in [1.82, 2.24) is 10.7 Å². The molecule has 0 spiro atoms. The van der Waals surface area contributed by atoms with Gasteiger partial charge in [0.05, 0.1) is 13.3 Å². The van der Waals surface area contributed by atoms with E-state index in [-0.39, 0.29) is 18.4 Å². The predicted octanol–water partition coefficient (Wildman–Crippen LogP) is 3.77. The molecule has 1 atom stereocenters. The maximum Gasteiger partial charge on any atom is 0.262 e. The molecule has 3 rings (SSSR count). The molecule has 0 aliphatic heterocycles. The Balaban J connectivity index is 1.76. The van der Waals surface area contributed by atoms with Gasteiger partial charge in [-0.05, 0) is 47.0 Å². The monoisotopic (exact) mass is 457 g/mol. The van der Waals surface area contributed by atoms with Gasteiger partial charge >= 0.3 is 0 Å². The zero-order valence-corrected chi connectivity index (χ0v) is 19.4. The highest BCUT2D eigenvalue weighted by molar-refractivity contribution is 6.03. The van der Waals surface area contributed by atoms with E-state index in [2.05, 4.69) is 21.8 Å². The minimum absolute atomic E-state index is 0.109. The number of methoxy groups -OCH3 is 1. The Bertz CT molecular complexity index is 1230. The molecule has 0 saturated carbocycles. The van der Waals surface area contributed by atoms with E-state index in [4.69, 9.17) is 15.9 Å². The van der Waals surface area contributed by atoms with Gasteiger partial charge in [0.25, 0.3) is 11.8 Å². The van der Waals surface area contributed by atoms with E-state index in [1.165, 1.54) is 6.21 Å². The summed E-state index contributed by atoms with van der Waals surface area (Å²) in [4.78, 5) is 25.5. The standard InChI is InChI=1S/C27H27N3O4/c1-5-16-34-24-15-12-19-8-6-7-9-22(19)23(24)17-28-30-27(32)25(18(2)3)29-26(31)20-10-13-21(33-4)14-11-20/h1,6-15,17-18,25H,16H2,2-4H3,(H,29,31)(H,30,32). The summed E-state index contributed by atoms with van der Waals surface area (Å²) in [6.07, 6.45) is 6.85. The number of hydrogen-bond donors (Lipinski definition) is 2. The number of amides is 2. The van der Waals surface area contributed by atoms with Crippen LogP contribution >= 0.6 is 0 Å². The summed E-state index contributed by atoms with van der Waals surface area (Å²) in [7, 11) is 1.55. The first-order chi connectivity index (χ1) is 16.4. The second-order valence-corrected chi connectivity index (χ2v) is 7.85. The third-order valence-electron chi connectivity index (χ3n) is 5.20. The van der Waals surface area contributed by atoms with E-state index >= 15 is 0 Å². The molecule has 7 nitrogen and oxygen atoms in total. The van der Waals surface area contributed by atoms with Crippen LogP contribution in [0.2, 0.25) is 0 Å². The summed E-state index contributed by atoms with van der Waals surface area (Å²) in [6, 6.07) is 17.4. The van der Waals surface area contributed by atoms with Crippen LogP contribution in [0.1, 0.15) is 29.8 Å². The highest BCUT2D eigenvalue weighted by Gasteiger charge is 2.24. The number of hydrogen-bond acceptors (Lipinski definition) is 5. The molecule has 0 heterocycles. The SMILES string of the molecule is C#CCOc1ccc2ccccc2c1C=NNC(=O)C(NC(=O)c1ccc(OC)cc1)C(C)C. The fourth-order valence-electron chi connectivity index (χ4n) is 3.39. The zero-order chi connectivity index (χ0) is 24.5. The number of nitrogens with zero attached hydrogens (tertiary/aromatic N) is 1. The number of carbonyl (C=O) groups excluding carboxylic acids is 2. The lowest BCUT2D eigenvalue weighted by Crippen LogP contribution is -2.48. The van der Waals surface area contributed by atoms with Crippen LogP contribution in [0, 0.1) is 18.3 Å². The van der Waals surface area contributed by atoms with Gasteiger partial charge in [-0.3, -0.25) is 9.59 Å². The number of rotatable bonds is 9. The molecule has 2 amide bonds. The fraction of sp³-hybridized carbons (Fsp3) is 0.222. The highest BCUT2D eigenvalue weighted by atomic mass is 16.5. The van der Waals surface area contributed by atoms with Crippen molar-refractivity contribution < 1.29 is 19.1 Å². The second kappa shape index (κ2) is 11.5. The summed E-state index contributed by atoms with van der Waals surface area (Å²) in [5.41, 5.74) is 3.65. The smallest absolute Gasteiger partial charge is 0.262 e. The lowest BCUT2D eigenvalue weighted by Gasteiger charge is -2.20. The van der Waals surface area contributed by atoms with Crippen molar-refractivity contribution in [2.75, 3.05) is 13.7 Å². The summed E-state index contributed by atoms with van der Waals surface area (Å²) in [6.45, 7) is 3.80. The molecule has 0 aliphatic rings. The van der Waals surface area contributed by atoms with Gasteiger partial charge < -0.3 is 14.8 Å². The van der Waals surface area contributed by atoms with E-state index in [0.29, 0.717) is 22.6 Å². The van der Waals surface area contributed by atoms with E-state index in [0.717, 1.165) is 10.8 Å². The minimum atomic E-state index is -0.781. The maximum atomic E-state index is 12.8. The van der Waals surface area contributed by atoms with E-state index < -0.39 is 11.9 Å². The third kappa shape index (κ3) is 5.93. The first kappa shape index (κ1) is 24.3. The molecular formula is C27H27N3O4. The second-order valence-electron chi connectivity index (χ2n) is 7.85. The van der Waals surface area contributed by atoms with Crippen molar-refractivity contribution >= 4 is 28.8 Å². The van der Waals surface area contributed by atoms with Crippen molar-refractivity contribution in [2.45, 2.75) is 19.9 Å². The number of hydrazone groups is 1. The molecule has 0 saturated heterocycles. The van der Waals surface area contributed by atoms with Crippen LogP contribution < -0.4 is 20.2 Å². The van der Waals surface area contributed by atoms with Crippen LogP contribution in [0.4, 0.5) is 0 Å². The van der Waals surface area contributed by atoms with E-state index in [1.54, 1.807) is 31.4 Å². The lowest BCUT2D eigenvalue weighted by molar-refractivity contribution is -0.123. The van der Waals surface area contributed by atoms with Gasteiger partial charge in [0.2, 0.25) is 0 Å². The third-order valence-corrected chi connectivity index (χ3v) is 5.20. The molecule has 0 aliphatic carbocycles. The molecule has 34 heavy (non-hydrogen) atoms. The average Bonchev–Trinajstić information content (AvgIpc) is 2.86. The Labute approximate surface area is 199 Å². The average molecular weight is 458 g/mol. The number of ether oxygens (including phenoxy) is 2. The molecule has 0 bridgehead atoms. The van der Waals surface area contributed by atoms with Gasteiger partial charge in [-0.15, -0.1) is 6.42 Å². The van der Waals surface area contributed by atoms with Gasteiger partial charge in [-0.2, -0.15) is 5.10 Å². The predicted molar refractivity (Wildman–Crippen MR) is 133 cm³/mol. The molecule has 0 radical (unpaired) electrons. The van der Waals surface area contributed by atoms with Gasteiger partial charge in [0.15, 0.2) is 0 Å². The molecule has 3 aromatic rings. The number of fused-ring (bicyclic) bond motifs is 1. The fourth-order valence-corrected chi connectivity index (χ4v) is 3.39. The minimum Gasteiger partial charge on any atom is -0.497 e. The molecule has 3 aromatic carbocycles. The van der Waals surface area contributed by atoms with E-state index in [9.17, 15) is 9.59 Å². The molecule has 1 unspecified atom stereocenters. The first-order valence-corrected chi connectivity index (χ1v) is 10.8. The normalized spacial score (nSPS) is 11.7. The van der Waals surface area contributed by atoms with Crippen molar-refractivity contribution in [3.8, 4) is 23.8 Å². The number of carbonyl (C=O) groups is 2. The summed E-state index contributed by atoms with van der Waals surface area (Å²) < 4.78 is 10.8. The Morgan fingerprint density at radius 2 is 1.82 bits per heavy atom. The molecular weight excluding hydrogens is 430 g/mol. The molecule has 7 heteroatoms. The molecule has 0 fully saturated rings. The van der Waals surface area contributed by atoms with Crippen molar-refractivity contribution in [3.05, 3.63) is 71.8 Å². The van der Waals surface area contributed by atoms with Gasteiger partial charge in [0, 0.05) is 11.1 Å². The Morgan fingerprint density at radius 1 is 1.09 bits per heavy atom. The first-order valence-electron chi connectivity index (χ1n) is 10.8. The molecule has 174 valence electrons. The van der Waals surface area contributed by atoms with Crippen molar-refractivity contribution in [3.63, 3.8) is 0 Å². The lowest BCUT2D eigenvalue weighted by atomic mass is 10.0. The molecule has 2 N–H and O–H groups in total. The van der Waals surface area contributed by atoms with Crippen LogP contribution in [0.25, 0.3) is 10.8 Å². The summed E-state index contributed by atoms with van der Waals surface area (Å²) in [5.74, 6) is 2.69. The van der Waals surface area contributed by atoms with Crippen LogP contribution in [0.5, 0.6) is 11.5 Å². The summed E-state index contributed by atoms with van der Waals surface area (Å²) in [5, 5.41) is 8.82. The van der Waals surface area contributed by atoms with E-state index in [1.807, 2.05) is 50.2 Å². The van der Waals surface area contributed by atoms with Crippen molar-refractivity contribution in [1.29, 1.82) is 0 Å². The largest absolute Gasteiger partial charge is 0.497 e. The Hall–Kier alpha value is -4.31. The van der Waals surface area contributed by atoms with Crippen LogP contribution in [-0.2, 0) is 4.79 Å².